The normalized spacial score (nSPS) is 14.4. The number of halogens is 2. The molecule has 1 aliphatic rings. The number of aliphatic hydroxyl groups excluding tert-OH is 1. The van der Waals surface area contributed by atoms with Gasteiger partial charge in [-0.3, -0.25) is 4.57 Å². The maximum atomic E-state index is 13.9. The molecule has 2 aromatic carbocycles. The fraction of sp³-hybridized carbons (Fsp3) is 0.261. The van der Waals surface area contributed by atoms with Crippen molar-refractivity contribution >= 4 is 17.0 Å². The second-order valence-corrected chi connectivity index (χ2v) is 7.46. The number of anilines is 1. The van der Waals surface area contributed by atoms with Gasteiger partial charge in [-0.2, -0.15) is 4.98 Å². The Labute approximate surface area is 182 Å². The van der Waals surface area contributed by atoms with E-state index in [1.54, 1.807) is 30.3 Å². The van der Waals surface area contributed by atoms with E-state index in [0.717, 1.165) is 11.1 Å². The highest BCUT2D eigenvalue weighted by atomic mass is 19.3. The first-order chi connectivity index (χ1) is 15.6. The lowest BCUT2D eigenvalue weighted by atomic mass is 10.1. The van der Waals surface area contributed by atoms with Crippen LogP contribution in [-0.4, -0.2) is 50.9 Å². The Balaban J connectivity index is 1.73. The van der Waals surface area contributed by atoms with Crippen LogP contribution in [0.5, 0.6) is 0 Å². The van der Waals surface area contributed by atoms with Gasteiger partial charge in [0.15, 0.2) is 5.82 Å². The molecule has 1 aliphatic heterocycles. The maximum Gasteiger partial charge on any atom is 0.296 e. The van der Waals surface area contributed by atoms with Gasteiger partial charge in [0.25, 0.3) is 6.43 Å². The monoisotopic (exact) mass is 437 g/mol. The molecule has 9 heteroatoms. The van der Waals surface area contributed by atoms with Gasteiger partial charge in [-0.25, -0.2) is 18.7 Å². The van der Waals surface area contributed by atoms with Crippen molar-refractivity contribution in [1.82, 2.24) is 19.5 Å². The van der Waals surface area contributed by atoms with Crippen molar-refractivity contribution in [2.45, 2.75) is 13.0 Å². The van der Waals surface area contributed by atoms with Crippen LogP contribution < -0.4 is 4.90 Å². The molecule has 4 aromatic rings. The van der Waals surface area contributed by atoms with E-state index in [9.17, 15) is 13.9 Å². The van der Waals surface area contributed by atoms with Gasteiger partial charge in [0, 0.05) is 24.7 Å². The molecule has 0 aliphatic carbocycles. The quantitative estimate of drug-likeness (QED) is 0.513. The Morgan fingerprint density at radius 1 is 0.969 bits per heavy atom. The van der Waals surface area contributed by atoms with Crippen molar-refractivity contribution in [2.24, 2.45) is 0 Å². The lowest BCUT2D eigenvalue weighted by Gasteiger charge is -2.27. The van der Waals surface area contributed by atoms with Gasteiger partial charge in [0.1, 0.15) is 5.82 Å². The number of ether oxygens (including phenoxy) is 1. The zero-order chi connectivity index (χ0) is 22.1. The molecule has 32 heavy (non-hydrogen) atoms. The molecule has 0 atom stereocenters. The van der Waals surface area contributed by atoms with Gasteiger partial charge in [-0.1, -0.05) is 30.3 Å². The van der Waals surface area contributed by atoms with Crippen molar-refractivity contribution < 1.29 is 18.6 Å². The molecule has 2 aromatic heterocycles. The summed E-state index contributed by atoms with van der Waals surface area (Å²) in [5, 5.41) is 9.54. The molecule has 0 spiro atoms. The smallest absolute Gasteiger partial charge is 0.296 e. The first-order valence-corrected chi connectivity index (χ1v) is 10.3. The Hall–Kier alpha value is -3.43. The summed E-state index contributed by atoms with van der Waals surface area (Å²) < 4.78 is 34.7. The number of hydrogen-bond donors (Lipinski definition) is 1. The zero-order valence-electron chi connectivity index (χ0n) is 17.2. The molecule has 0 bridgehead atoms. The van der Waals surface area contributed by atoms with E-state index in [0.29, 0.717) is 54.8 Å². The van der Waals surface area contributed by atoms with E-state index in [-0.39, 0.29) is 12.4 Å². The predicted molar refractivity (Wildman–Crippen MR) is 116 cm³/mol. The summed E-state index contributed by atoms with van der Waals surface area (Å²) in [6.07, 6.45) is -2.77. The van der Waals surface area contributed by atoms with Crippen LogP contribution in [0.3, 0.4) is 0 Å². The minimum Gasteiger partial charge on any atom is -0.392 e. The highest BCUT2D eigenvalue weighted by Crippen LogP contribution is 2.30. The van der Waals surface area contributed by atoms with Crippen LogP contribution in [0.2, 0.25) is 0 Å². The van der Waals surface area contributed by atoms with Crippen LogP contribution in [0.25, 0.3) is 28.1 Å². The van der Waals surface area contributed by atoms with Crippen molar-refractivity contribution in [1.29, 1.82) is 0 Å². The summed E-state index contributed by atoms with van der Waals surface area (Å²) in [5.74, 6) is 0.385. The fourth-order valence-corrected chi connectivity index (χ4v) is 3.85. The van der Waals surface area contributed by atoms with Gasteiger partial charge in [0.05, 0.1) is 36.5 Å². The molecule has 1 saturated heterocycles. The average Bonchev–Trinajstić information content (AvgIpc) is 3.24. The van der Waals surface area contributed by atoms with E-state index in [1.165, 1.54) is 4.57 Å². The standard InChI is InChI=1S/C23H21F2N5O2/c24-21(25)22-26-17-6-1-2-7-19(17)30(22)20-13-18(16-5-3-4-15(12-16)14-31)27-23(28-20)29-8-10-32-11-9-29/h1-7,12-13,21,31H,8-11,14H2. The third-order valence-corrected chi connectivity index (χ3v) is 5.41. The Morgan fingerprint density at radius 3 is 2.56 bits per heavy atom. The van der Waals surface area contributed by atoms with Crippen LogP contribution >= 0.6 is 0 Å². The summed E-state index contributed by atoms with van der Waals surface area (Å²) >= 11 is 0. The number of aromatic nitrogens is 4. The number of fused-ring (bicyclic) bond motifs is 1. The van der Waals surface area contributed by atoms with Gasteiger partial charge < -0.3 is 14.7 Å². The van der Waals surface area contributed by atoms with E-state index in [2.05, 4.69) is 9.97 Å². The zero-order valence-corrected chi connectivity index (χ0v) is 17.2. The molecule has 164 valence electrons. The van der Waals surface area contributed by atoms with E-state index < -0.39 is 6.43 Å². The first-order valence-electron chi connectivity index (χ1n) is 10.3. The number of nitrogens with zero attached hydrogens (tertiary/aromatic N) is 5. The fourth-order valence-electron chi connectivity index (χ4n) is 3.85. The number of aliphatic hydroxyl groups is 1. The topological polar surface area (TPSA) is 76.3 Å². The highest BCUT2D eigenvalue weighted by molar-refractivity contribution is 5.78. The molecule has 1 N–H and O–H groups in total. The van der Waals surface area contributed by atoms with Crippen molar-refractivity contribution in [3.8, 4) is 17.1 Å². The second kappa shape index (κ2) is 8.60. The van der Waals surface area contributed by atoms with Gasteiger partial charge in [-0.15, -0.1) is 0 Å². The van der Waals surface area contributed by atoms with E-state index >= 15 is 0 Å². The summed E-state index contributed by atoms with van der Waals surface area (Å²) in [5.41, 5.74) is 3.09. The number of para-hydroxylation sites is 2. The van der Waals surface area contributed by atoms with Crippen LogP contribution in [0.4, 0.5) is 14.7 Å². The van der Waals surface area contributed by atoms with Gasteiger partial charge in [0.2, 0.25) is 5.95 Å². The summed E-state index contributed by atoms with van der Waals surface area (Å²) in [6, 6.07) is 16.0. The van der Waals surface area contributed by atoms with Crippen molar-refractivity contribution in [3.05, 3.63) is 66.0 Å². The third kappa shape index (κ3) is 3.80. The lowest BCUT2D eigenvalue weighted by molar-refractivity contribution is 0.122. The number of benzene rings is 2. The summed E-state index contributed by atoms with van der Waals surface area (Å²) in [7, 11) is 0. The van der Waals surface area contributed by atoms with Crippen LogP contribution in [0.1, 0.15) is 17.8 Å². The van der Waals surface area contributed by atoms with E-state index in [4.69, 9.17) is 9.72 Å². The van der Waals surface area contributed by atoms with Gasteiger partial charge >= 0.3 is 0 Å². The Kier molecular flexibility index (Phi) is 5.50. The molecule has 7 nitrogen and oxygen atoms in total. The SMILES string of the molecule is OCc1cccc(-c2cc(-n3c(C(F)F)nc4ccccc43)nc(N3CCOCC3)n2)c1. The van der Waals surface area contributed by atoms with Crippen molar-refractivity contribution in [3.63, 3.8) is 0 Å². The number of morpholine rings is 1. The van der Waals surface area contributed by atoms with Gasteiger partial charge in [-0.05, 0) is 23.8 Å². The first kappa shape index (κ1) is 20.5. The average molecular weight is 437 g/mol. The molecule has 0 amide bonds. The molecule has 0 saturated carbocycles. The van der Waals surface area contributed by atoms with Crippen molar-refractivity contribution in [2.75, 3.05) is 31.2 Å². The van der Waals surface area contributed by atoms with Crippen LogP contribution in [0.15, 0.2) is 54.6 Å². The molecule has 5 rings (SSSR count). The Morgan fingerprint density at radius 2 is 1.78 bits per heavy atom. The maximum absolute atomic E-state index is 13.9. The highest BCUT2D eigenvalue weighted by Gasteiger charge is 2.23. The minimum atomic E-state index is -2.77. The third-order valence-electron chi connectivity index (χ3n) is 5.41. The number of hydrogen-bond acceptors (Lipinski definition) is 6. The van der Waals surface area contributed by atoms with Crippen LogP contribution in [-0.2, 0) is 11.3 Å². The van der Waals surface area contributed by atoms with Crippen LogP contribution in [0, 0.1) is 0 Å². The molecular formula is C23H21F2N5O2. The number of imidazole rings is 1. The molecule has 3 heterocycles. The second-order valence-electron chi connectivity index (χ2n) is 7.46. The molecular weight excluding hydrogens is 416 g/mol. The number of alkyl halides is 2. The number of rotatable bonds is 5. The van der Waals surface area contributed by atoms with E-state index in [1.807, 2.05) is 29.2 Å². The summed E-state index contributed by atoms with van der Waals surface area (Å²) in [6.45, 7) is 2.18. The Bertz CT molecular complexity index is 1250. The molecule has 1 fully saturated rings. The largest absolute Gasteiger partial charge is 0.392 e. The lowest BCUT2D eigenvalue weighted by Crippen LogP contribution is -2.37. The predicted octanol–water partition coefficient (Wildman–Crippen LogP) is 3.75. The molecule has 0 unspecified atom stereocenters. The summed E-state index contributed by atoms with van der Waals surface area (Å²) in [4.78, 5) is 15.5. The molecule has 0 radical (unpaired) electrons. The minimum absolute atomic E-state index is 0.107.